The number of aryl methyl sites for hydroxylation is 1. The van der Waals surface area contributed by atoms with Crippen LogP contribution in [0, 0.1) is 11.6 Å². The largest absolute Gasteiger partial charge is 0.296 e. The number of thiazole rings is 1. The summed E-state index contributed by atoms with van der Waals surface area (Å²) in [6.45, 7) is 0. The topological polar surface area (TPSA) is 76.9 Å². The fourth-order valence-corrected chi connectivity index (χ4v) is 3.45. The molecular formula is C19H12F2N4O2S. The van der Waals surface area contributed by atoms with Crippen molar-refractivity contribution in [1.82, 2.24) is 14.8 Å². The summed E-state index contributed by atoms with van der Waals surface area (Å²) in [5.41, 5.74) is 0.630. The summed E-state index contributed by atoms with van der Waals surface area (Å²) in [6, 6.07) is 9.50. The van der Waals surface area contributed by atoms with Crippen LogP contribution in [-0.4, -0.2) is 20.7 Å². The number of carbonyl (C=O) groups excluding carboxylic acids is 1. The van der Waals surface area contributed by atoms with Gasteiger partial charge in [0.05, 0.1) is 16.6 Å². The normalized spacial score (nSPS) is 11.0. The lowest BCUT2D eigenvalue weighted by molar-refractivity contribution is 0.101. The monoisotopic (exact) mass is 398 g/mol. The van der Waals surface area contributed by atoms with E-state index in [1.165, 1.54) is 28.9 Å². The number of aromatic nitrogens is 3. The molecule has 0 saturated carbocycles. The van der Waals surface area contributed by atoms with Gasteiger partial charge >= 0.3 is 0 Å². The van der Waals surface area contributed by atoms with Gasteiger partial charge in [0.1, 0.15) is 11.6 Å². The molecule has 0 spiro atoms. The van der Waals surface area contributed by atoms with Crippen molar-refractivity contribution < 1.29 is 13.6 Å². The third kappa shape index (κ3) is 3.27. The Hall–Kier alpha value is -3.46. The molecule has 9 heteroatoms. The van der Waals surface area contributed by atoms with Crippen molar-refractivity contribution in [3.05, 3.63) is 75.4 Å². The van der Waals surface area contributed by atoms with Crippen molar-refractivity contribution in [2.75, 3.05) is 5.32 Å². The number of nitrogens with zero attached hydrogens (tertiary/aromatic N) is 3. The van der Waals surface area contributed by atoms with Crippen LogP contribution >= 0.6 is 11.3 Å². The molecule has 4 rings (SSSR count). The number of fused-ring (bicyclic) bond motifs is 1. The second-order valence-electron chi connectivity index (χ2n) is 5.96. The predicted octanol–water partition coefficient (Wildman–Crippen LogP) is 3.59. The van der Waals surface area contributed by atoms with Gasteiger partial charge in [-0.1, -0.05) is 0 Å². The smallest absolute Gasteiger partial charge is 0.281 e. The van der Waals surface area contributed by atoms with Crippen LogP contribution in [0.2, 0.25) is 0 Å². The molecule has 4 aromatic rings. The van der Waals surface area contributed by atoms with Crippen LogP contribution in [-0.2, 0) is 7.05 Å². The fourth-order valence-electron chi connectivity index (χ4n) is 2.74. The highest BCUT2D eigenvalue weighted by molar-refractivity contribution is 7.14. The zero-order chi connectivity index (χ0) is 19.8. The highest BCUT2D eigenvalue weighted by Gasteiger charge is 2.18. The average Bonchev–Trinajstić information content (AvgIpc) is 3.13. The van der Waals surface area contributed by atoms with Gasteiger partial charge in [-0.3, -0.25) is 19.6 Å². The lowest BCUT2D eigenvalue weighted by Crippen LogP contribution is -2.26. The maximum Gasteiger partial charge on any atom is 0.281 e. The zero-order valence-electron chi connectivity index (χ0n) is 14.4. The van der Waals surface area contributed by atoms with Gasteiger partial charge in [0.15, 0.2) is 10.8 Å². The number of amides is 1. The number of benzene rings is 2. The number of carbonyl (C=O) groups is 1. The summed E-state index contributed by atoms with van der Waals surface area (Å²) < 4.78 is 27.9. The Kier molecular flexibility index (Phi) is 4.44. The third-order valence-corrected chi connectivity index (χ3v) is 4.85. The van der Waals surface area contributed by atoms with Gasteiger partial charge in [-0.2, -0.15) is 5.10 Å². The van der Waals surface area contributed by atoms with Crippen LogP contribution < -0.4 is 10.7 Å². The van der Waals surface area contributed by atoms with E-state index in [1.807, 2.05) is 0 Å². The molecule has 0 radical (unpaired) electrons. The molecule has 0 atom stereocenters. The number of hydrogen-bond acceptors (Lipinski definition) is 5. The molecule has 0 aliphatic rings. The van der Waals surface area contributed by atoms with E-state index in [4.69, 9.17) is 0 Å². The molecule has 0 bridgehead atoms. The van der Waals surface area contributed by atoms with Crippen molar-refractivity contribution in [3.8, 4) is 11.3 Å². The number of nitrogens with one attached hydrogen (secondary N) is 1. The Balaban J connectivity index is 1.65. The summed E-state index contributed by atoms with van der Waals surface area (Å²) in [6.07, 6.45) is 0. The Morgan fingerprint density at radius 1 is 1.11 bits per heavy atom. The Bertz CT molecular complexity index is 1270. The van der Waals surface area contributed by atoms with Gasteiger partial charge in [0.2, 0.25) is 5.43 Å². The van der Waals surface area contributed by atoms with Crippen LogP contribution in [0.5, 0.6) is 0 Å². The van der Waals surface area contributed by atoms with Gasteiger partial charge in [-0.25, -0.2) is 13.8 Å². The highest BCUT2D eigenvalue weighted by atomic mass is 32.1. The Morgan fingerprint density at radius 3 is 2.57 bits per heavy atom. The standard InChI is InChI=1S/C19H12F2N4O2S/c1-25-15-7-6-12(21)8-13(15)17(26)16(24-25)18(27)23-19-22-14(9-28-19)10-2-4-11(20)5-3-10/h2-9H,1H3,(H,22,23,27). The Labute approximate surface area is 161 Å². The van der Waals surface area contributed by atoms with Crippen LogP contribution in [0.15, 0.2) is 52.6 Å². The minimum absolute atomic E-state index is 0.0637. The summed E-state index contributed by atoms with van der Waals surface area (Å²) in [5.74, 6) is -1.68. The number of halogens is 2. The predicted molar refractivity (Wildman–Crippen MR) is 102 cm³/mol. The molecule has 2 heterocycles. The fraction of sp³-hybridized carbons (Fsp3) is 0.0526. The van der Waals surface area contributed by atoms with E-state index in [-0.39, 0.29) is 22.0 Å². The van der Waals surface area contributed by atoms with Crippen molar-refractivity contribution in [1.29, 1.82) is 0 Å². The second-order valence-corrected chi connectivity index (χ2v) is 6.82. The van der Waals surface area contributed by atoms with E-state index in [1.54, 1.807) is 24.6 Å². The maximum atomic E-state index is 13.5. The molecule has 2 aromatic carbocycles. The summed E-state index contributed by atoms with van der Waals surface area (Å²) >= 11 is 1.15. The molecule has 0 unspecified atom stereocenters. The minimum Gasteiger partial charge on any atom is -0.296 e. The van der Waals surface area contributed by atoms with E-state index in [9.17, 15) is 18.4 Å². The van der Waals surface area contributed by atoms with Gasteiger partial charge in [0, 0.05) is 18.0 Å². The maximum absolute atomic E-state index is 13.5. The molecule has 0 aliphatic carbocycles. The van der Waals surface area contributed by atoms with Crippen molar-refractivity contribution in [2.24, 2.45) is 7.05 Å². The van der Waals surface area contributed by atoms with Crippen LogP contribution in [0.25, 0.3) is 22.2 Å². The average molecular weight is 398 g/mol. The van der Waals surface area contributed by atoms with Crippen LogP contribution in [0.3, 0.4) is 0 Å². The van der Waals surface area contributed by atoms with E-state index < -0.39 is 17.2 Å². The van der Waals surface area contributed by atoms with Crippen LogP contribution in [0.4, 0.5) is 13.9 Å². The van der Waals surface area contributed by atoms with E-state index in [0.717, 1.165) is 17.4 Å². The molecule has 0 fully saturated rings. The first-order valence-corrected chi connectivity index (χ1v) is 9.00. The highest BCUT2D eigenvalue weighted by Crippen LogP contribution is 2.25. The zero-order valence-corrected chi connectivity index (χ0v) is 15.3. The SMILES string of the molecule is Cn1nc(C(=O)Nc2nc(-c3ccc(F)cc3)cs2)c(=O)c2cc(F)ccc21. The molecule has 1 N–H and O–H groups in total. The summed E-state index contributed by atoms with van der Waals surface area (Å²) in [5, 5.41) is 8.56. The van der Waals surface area contributed by atoms with Crippen LogP contribution in [0.1, 0.15) is 10.5 Å². The molecule has 140 valence electrons. The lowest BCUT2D eigenvalue weighted by atomic mass is 10.2. The van der Waals surface area contributed by atoms with Gasteiger partial charge in [-0.05, 0) is 42.5 Å². The van der Waals surface area contributed by atoms with E-state index >= 15 is 0 Å². The first-order valence-electron chi connectivity index (χ1n) is 8.12. The van der Waals surface area contributed by atoms with Gasteiger partial charge in [0.25, 0.3) is 5.91 Å². The first kappa shape index (κ1) is 17.9. The Morgan fingerprint density at radius 2 is 1.82 bits per heavy atom. The molecule has 1 amide bonds. The molecule has 6 nitrogen and oxygen atoms in total. The minimum atomic E-state index is -0.744. The molecular weight excluding hydrogens is 386 g/mol. The second kappa shape index (κ2) is 6.93. The number of rotatable bonds is 3. The lowest BCUT2D eigenvalue weighted by Gasteiger charge is -2.07. The number of anilines is 1. The molecule has 0 aliphatic heterocycles. The molecule has 28 heavy (non-hydrogen) atoms. The van der Waals surface area contributed by atoms with Crippen molar-refractivity contribution >= 4 is 33.3 Å². The molecule has 2 aromatic heterocycles. The van der Waals surface area contributed by atoms with Gasteiger partial charge in [-0.15, -0.1) is 11.3 Å². The third-order valence-electron chi connectivity index (χ3n) is 4.10. The van der Waals surface area contributed by atoms with E-state index in [0.29, 0.717) is 16.8 Å². The summed E-state index contributed by atoms with van der Waals surface area (Å²) in [7, 11) is 1.56. The summed E-state index contributed by atoms with van der Waals surface area (Å²) in [4.78, 5) is 29.4. The van der Waals surface area contributed by atoms with Gasteiger partial charge < -0.3 is 0 Å². The first-order chi connectivity index (χ1) is 13.4. The van der Waals surface area contributed by atoms with E-state index in [2.05, 4.69) is 15.4 Å². The quantitative estimate of drug-likeness (QED) is 0.572. The van der Waals surface area contributed by atoms with Crippen molar-refractivity contribution in [2.45, 2.75) is 0 Å². The number of hydrogen-bond donors (Lipinski definition) is 1. The van der Waals surface area contributed by atoms with Crippen molar-refractivity contribution in [3.63, 3.8) is 0 Å². The molecule has 0 saturated heterocycles.